The number of aromatic nitrogens is 2. The topological polar surface area (TPSA) is 99.4 Å². The Hall–Kier alpha value is -3.61. The Morgan fingerprint density at radius 1 is 0.966 bits per heavy atom. The predicted octanol–water partition coefficient (Wildman–Crippen LogP) is 3.50. The highest BCUT2D eigenvalue weighted by molar-refractivity contribution is 6.30. The van der Waals surface area contributed by atoms with E-state index in [4.69, 9.17) is 9.26 Å². The van der Waals surface area contributed by atoms with Crippen LogP contribution in [-0.2, 0) is 16.8 Å². The van der Waals surface area contributed by atoms with E-state index in [0.29, 0.717) is 11.4 Å². The fraction of sp³-hybridized carbons (Fsp3) is 0.227. The molecule has 0 fully saturated rings. The van der Waals surface area contributed by atoms with Crippen molar-refractivity contribution in [1.29, 1.82) is 0 Å². The van der Waals surface area contributed by atoms with Gasteiger partial charge >= 0.3 is 5.97 Å². The molecule has 146 valence electrons. The summed E-state index contributed by atoms with van der Waals surface area (Å²) in [6.07, 6.45) is 0. The molecular weight excluding hydrogens is 372 g/mol. The number of benzene rings is 2. The van der Waals surface area contributed by atoms with Gasteiger partial charge in [0.25, 0.3) is 5.89 Å². The summed E-state index contributed by atoms with van der Waals surface area (Å²) in [5, 5.41) is 3.88. The second-order valence-electron chi connectivity index (χ2n) is 7.77. The lowest BCUT2D eigenvalue weighted by Gasteiger charge is -2.19. The van der Waals surface area contributed by atoms with E-state index in [1.165, 1.54) is 12.1 Å². The van der Waals surface area contributed by atoms with Crippen LogP contribution < -0.4 is 0 Å². The molecule has 0 radical (unpaired) electrons. The molecule has 1 aliphatic rings. The van der Waals surface area contributed by atoms with Gasteiger partial charge in [-0.2, -0.15) is 4.98 Å². The van der Waals surface area contributed by atoms with Crippen molar-refractivity contribution in [2.45, 2.75) is 32.8 Å². The molecule has 2 aromatic carbocycles. The number of ether oxygens (including phenoxy) is 1. The summed E-state index contributed by atoms with van der Waals surface area (Å²) in [4.78, 5) is 42.6. The third-order valence-corrected chi connectivity index (χ3v) is 4.64. The van der Waals surface area contributed by atoms with Crippen LogP contribution in [0.3, 0.4) is 0 Å². The van der Waals surface area contributed by atoms with Crippen LogP contribution in [0.1, 0.15) is 74.7 Å². The lowest BCUT2D eigenvalue weighted by molar-refractivity contribution is 0.0427. The first-order chi connectivity index (χ1) is 13.8. The SMILES string of the molecule is CC(C)(C)c1noc(COC(=O)c2cccc3c2C(=O)c2ccccc2C3=O)n1. The van der Waals surface area contributed by atoms with E-state index in [1.54, 1.807) is 30.3 Å². The minimum Gasteiger partial charge on any atom is -0.452 e. The lowest BCUT2D eigenvalue weighted by atomic mass is 9.82. The molecule has 0 N–H and O–H groups in total. The first-order valence-electron chi connectivity index (χ1n) is 9.09. The van der Waals surface area contributed by atoms with Gasteiger partial charge in [0.1, 0.15) is 0 Å². The average Bonchev–Trinajstić information content (AvgIpc) is 3.19. The Morgan fingerprint density at radius 2 is 1.62 bits per heavy atom. The highest BCUT2D eigenvalue weighted by Crippen LogP contribution is 2.30. The van der Waals surface area contributed by atoms with Crippen molar-refractivity contribution in [3.63, 3.8) is 0 Å². The number of rotatable bonds is 3. The van der Waals surface area contributed by atoms with Crippen molar-refractivity contribution in [2.24, 2.45) is 0 Å². The smallest absolute Gasteiger partial charge is 0.339 e. The number of carbonyl (C=O) groups is 3. The van der Waals surface area contributed by atoms with Gasteiger partial charge in [0.15, 0.2) is 24.0 Å². The molecule has 0 saturated heterocycles. The summed E-state index contributed by atoms with van der Waals surface area (Å²) < 4.78 is 10.4. The molecular formula is C22H18N2O5. The summed E-state index contributed by atoms with van der Waals surface area (Å²) >= 11 is 0. The minimum absolute atomic E-state index is 0.0333. The normalized spacial score (nSPS) is 13.1. The van der Waals surface area contributed by atoms with Gasteiger partial charge < -0.3 is 9.26 Å². The van der Waals surface area contributed by atoms with Crippen LogP contribution in [0.25, 0.3) is 0 Å². The van der Waals surface area contributed by atoms with E-state index in [2.05, 4.69) is 10.1 Å². The number of esters is 1. The zero-order valence-electron chi connectivity index (χ0n) is 16.2. The Bertz CT molecular complexity index is 1150. The van der Waals surface area contributed by atoms with Gasteiger partial charge in [-0.15, -0.1) is 0 Å². The van der Waals surface area contributed by atoms with Gasteiger partial charge in [0, 0.05) is 27.7 Å². The van der Waals surface area contributed by atoms with E-state index in [9.17, 15) is 14.4 Å². The fourth-order valence-electron chi connectivity index (χ4n) is 3.14. The van der Waals surface area contributed by atoms with E-state index in [0.717, 1.165) is 0 Å². The van der Waals surface area contributed by atoms with Crippen LogP contribution in [0, 0.1) is 0 Å². The maximum Gasteiger partial charge on any atom is 0.339 e. The molecule has 0 spiro atoms. The molecule has 0 saturated carbocycles. The van der Waals surface area contributed by atoms with Crippen LogP contribution in [-0.4, -0.2) is 27.7 Å². The second-order valence-corrected chi connectivity index (χ2v) is 7.77. The molecule has 0 amide bonds. The Morgan fingerprint density at radius 3 is 2.28 bits per heavy atom. The molecule has 0 bridgehead atoms. The van der Waals surface area contributed by atoms with Gasteiger partial charge in [0.05, 0.1) is 5.56 Å². The maximum absolute atomic E-state index is 13.0. The third kappa shape index (κ3) is 3.24. The van der Waals surface area contributed by atoms with Crippen LogP contribution in [0.2, 0.25) is 0 Å². The summed E-state index contributed by atoms with van der Waals surface area (Å²) in [7, 11) is 0. The van der Waals surface area contributed by atoms with Gasteiger partial charge in [-0.25, -0.2) is 4.79 Å². The quantitative estimate of drug-likeness (QED) is 0.494. The molecule has 1 heterocycles. The summed E-state index contributed by atoms with van der Waals surface area (Å²) in [6.45, 7) is 5.57. The number of ketones is 2. The van der Waals surface area contributed by atoms with Crippen molar-refractivity contribution in [3.8, 4) is 0 Å². The Labute approximate surface area is 166 Å². The summed E-state index contributed by atoms with van der Waals surface area (Å²) in [6, 6.07) is 11.1. The zero-order valence-corrected chi connectivity index (χ0v) is 16.2. The minimum atomic E-state index is -0.738. The number of hydrogen-bond acceptors (Lipinski definition) is 7. The Balaban J connectivity index is 1.62. The molecule has 3 aromatic rings. The zero-order chi connectivity index (χ0) is 20.8. The van der Waals surface area contributed by atoms with Crippen molar-refractivity contribution in [3.05, 3.63) is 82.0 Å². The summed E-state index contributed by atoms with van der Waals surface area (Å²) in [5.41, 5.74) is 0.585. The molecule has 0 atom stereocenters. The Kier molecular flexibility index (Phi) is 4.38. The molecule has 1 aromatic heterocycles. The standard InChI is InChI=1S/C22H18N2O5/c1-22(2,3)21-23-16(29-24-21)11-28-20(27)15-10-6-9-14-17(15)19(26)13-8-5-4-7-12(13)18(14)25/h4-10H,11H2,1-3H3. The molecule has 0 aliphatic heterocycles. The van der Waals surface area contributed by atoms with Gasteiger partial charge in [-0.05, 0) is 6.07 Å². The van der Waals surface area contributed by atoms with Crippen molar-refractivity contribution < 1.29 is 23.6 Å². The number of hydrogen-bond donors (Lipinski definition) is 0. The van der Waals surface area contributed by atoms with Crippen molar-refractivity contribution in [2.75, 3.05) is 0 Å². The molecule has 1 aliphatic carbocycles. The van der Waals surface area contributed by atoms with Gasteiger partial charge in [0.2, 0.25) is 0 Å². The van der Waals surface area contributed by atoms with Gasteiger partial charge in [-0.3, -0.25) is 9.59 Å². The van der Waals surface area contributed by atoms with Gasteiger partial charge in [-0.1, -0.05) is 62.3 Å². The number of carbonyl (C=O) groups excluding carboxylic acids is 3. The molecule has 7 nitrogen and oxygen atoms in total. The van der Waals surface area contributed by atoms with E-state index in [1.807, 2.05) is 20.8 Å². The number of nitrogens with zero attached hydrogens (tertiary/aromatic N) is 2. The lowest BCUT2D eigenvalue weighted by Crippen LogP contribution is -2.24. The van der Waals surface area contributed by atoms with Crippen LogP contribution in [0.4, 0.5) is 0 Å². The molecule has 4 rings (SSSR count). The van der Waals surface area contributed by atoms with E-state index < -0.39 is 5.97 Å². The first kappa shape index (κ1) is 18.7. The van der Waals surface area contributed by atoms with Crippen LogP contribution in [0.15, 0.2) is 47.0 Å². The largest absolute Gasteiger partial charge is 0.452 e. The molecule has 7 heteroatoms. The third-order valence-electron chi connectivity index (χ3n) is 4.64. The summed E-state index contributed by atoms with van der Waals surface area (Å²) in [5.74, 6) is -0.760. The van der Waals surface area contributed by atoms with Crippen molar-refractivity contribution in [1.82, 2.24) is 10.1 Å². The van der Waals surface area contributed by atoms with E-state index >= 15 is 0 Å². The predicted molar refractivity (Wildman–Crippen MR) is 102 cm³/mol. The molecule has 29 heavy (non-hydrogen) atoms. The highest BCUT2D eigenvalue weighted by atomic mass is 16.6. The molecule has 0 unspecified atom stereocenters. The van der Waals surface area contributed by atoms with Crippen molar-refractivity contribution >= 4 is 17.5 Å². The van der Waals surface area contributed by atoms with Crippen LogP contribution in [0.5, 0.6) is 0 Å². The fourth-order valence-corrected chi connectivity index (χ4v) is 3.14. The monoisotopic (exact) mass is 390 g/mol. The average molecular weight is 390 g/mol. The highest BCUT2D eigenvalue weighted by Gasteiger charge is 2.33. The number of fused-ring (bicyclic) bond motifs is 2. The first-order valence-corrected chi connectivity index (χ1v) is 9.09. The maximum atomic E-state index is 13.0. The second kappa shape index (κ2) is 6.77. The van der Waals surface area contributed by atoms with E-state index in [-0.39, 0.29) is 51.7 Å². The van der Waals surface area contributed by atoms with Crippen LogP contribution >= 0.6 is 0 Å².